The molecule has 0 radical (unpaired) electrons. The van der Waals surface area contributed by atoms with Crippen molar-refractivity contribution in [2.24, 2.45) is 0 Å². The zero-order valence-electron chi connectivity index (χ0n) is 9.94. The minimum atomic E-state index is -0.775. The van der Waals surface area contributed by atoms with E-state index in [2.05, 4.69) is 9.97 Å². The minimum Gasteiger partial charge on any atom is -0.480 e. The maximum Gasteiger partial charge on any atom is 0.317 e. The van der Waals surface area contributed by atoms with E-state index in [1.165, 1.54) is 19.3 Å². The van der Waals surface area contributed by atoms with Crippen molar-refractivity contribution in [3.8, 4) is 0 Å². The Balaban J connectivity index is 1.99. The third-order valence-corrected chi connectivity index (χ3v) is 3.98. The van der Waals surface area contributed by atoms with E-state index in [1.807, 2.05) is 13.0 Å². The first-order chi connectivity index (χ1) is 8.12. The Morgan fingerprint density at radius 1 is 1.41 bits per heavy atom. The third-order valence-electron chi connectivity index (χ3n) is 3.98. The van der Waals surface area contributed by atoms with Gasteiger partial charge in [-0.15, -0.1) is 0 Å². The van der Waals surface area contributed by atoms with E-state index in [9.17, 15) is 9.90 Å². The summed E-state index contributed by atoms with van der Waals surface area (Å²) in [6.45, 7) is 1.92. The number of rotatable bonds is 3. The molecule has 4 heteroatoms. The fraction of sp³-hybridized carbons (Fsp3) is 0.615. The van der Waals surface area contributed by atoms with Gasteiger partial charge >= 0.3 is 5.97 Å². The molecule has 1 heterocycles. The molecular formula is C13H16N2O2. The zero-order chi connectivity index (χ0) is 12.0. The van der Waals surface area contributed by atoms with Crippen LogP contribution in [0.3, 0.4) is 0 Å². The van der Waals surface area contributed by atoms with Crippen LogP contribution in [0.15, 0.2) is 6.07 Å². The van der Waals surface area contributed by atoms with Gasteiger partial charge in [0.2, 0.25) is 0 Å². The summed E-state index contributed by atoms with van der Waals surface area (Å²) in [6, 6.07) is 2.01. The van der Waals surface area contributed by atoms with Crippen molar-refractivity contribution in [3.05, 3.63) is 23.3 Å². The van der Waals surface area contributed by atoms with E-state index in [0.717, 1.165) is 11.4 Å². The molecule has 4 nitrogen and oxygen atoms in total. The van der Waals surface area contributed by atoms with Gasteiger partial charge in [-0.3, -0.25) is 4.79 Å². The first-order valence-corrected chi connectivity index (χ1v) is 6.21. The van der Waals surface area contributed by atoms with Gasteiger partial charge in [-0.05, 0) is 38.7 Å². The molecule has 1 N–H and O–H groups in total. The molecule has 0 bridgehead atoms. The highest BCUT2D eigenvalue weighted by molar-refractivity contribution is 5.83. The molecule has 17 heavy (non-hydrogen) atoms. The summed E-state index contributed by atoms with van der Waals surface area (Å²) in [6.07, 6.45) is 4.96. The highest BCUT2D eigenvalue weighted by atomic mass is 16.4. The molecule has 2 saturated carbocycles. The molecule has 0 spiro atoms. The second-order valence-corrected chi connectivity index (χ2v) is 5.27. The lowest BCUT2D eigenvalue weighted by Crippen LogP contribution is -2.24. The van der Waals surface area contributed by atoms with Crippen molar-refractivity contribution in [2.75, 3.05) is 0 Å². The number of carboxylic acids is 1. The van der Waals surface area contributed by atoms with Crippen LogP contribution in [0.4, 0.5) is 0 Å². The van der Waals surface area contributed by atoms with Gasteiger partial charge in [0.25, 0.3) is 0 Å². The Morgan fingerprint density at radius 3 is 2.59 bits per heavy atom. The number of carbonyl (C=O) groups is 1. The highest BCUT2D eigenvalue weighted by Crippen LogP contribution is 2.47. The van der Waals surface area contributed by atoms with Crippen molar-refractivity contribution in [1.82, 2.24) is 9.97 Å². The van der Waals surface area contributed by atoms with Crippen LogP contribution in [0.2, 0.25) is 0 Å². The smallest absolute Gasteiger partial charge is 0.317 e. The minimum absolute atomic E-state index is 0.528. The first kappa shape index (κ1) is 10.7. The van der Waals surface area contributed by atoms with E-state index in [1.54, 1.807) is 0 Å². The predicted molar refractivity (Wildman–Crippen MR) is 61.9 cm³/mol. The van der Waals surface area contributed by atoms with Crippen molar-refractivity contribution in [3.63, 3.8) is 0 Å². The molecule has 2 aliphatic rings. The number of hydrogen-bond acceptors (Lipinski definition) is 3. The standard InChI is InChI=1S/C13H16N2O2/c1-8-7-10(9-3-2-4-9)15-11(14-8)13(5-6-13)12(16)17/h7,9H,2-6H2,1H3,(H,16,17). The number of carboxylic acid groups (broad SMARTS) is 1. The Hall–Kier alpha value is -1.45. The second kappa shape index (κ2) is 3.52. The van der Waals surface area contributed by atoms with E-state index in [0.29, 0.717) is 24.6 Å². The van der Waals surface area contributed by atoms with Crippen molar-refractivity contribution >= 4 is 5.97 Å². The van der Waals surface area contributed by atoms with Gasteiger partial charge in [-0.25, -0.2) is 9.97 Å². The van der Waals surface area contributed by atoms with Gasteiger partial charge in [0.1, 0.15) is 11.2 Å². The first-order valence-electron chi connectivity index (χ1n) is 6.21. The Bertz CT molecular complexity index is 476. The molecule has 1 aromatic rings. The molecule has 0 atom stereocenters. The molecule has 0 saturated heterocycles. The molecule has 2 aliphatic carbocycles. The Morgan fingerprint density at radius 2 is 2.12 bits per heavy atom. The molecule has 0 aliphatic heterocycles. The molecule has 2 fully saturated rings. The van der Waals surface area contributed by atoms with Gasteiger partial charge in [0, 0.05) is 17.3 Å². The van der Waals surface area contributed by atoms with Crippen molar-refractivity contribution in [1.29, 1.82) is 0 Å². The third kappa shape index (κ3) is 1.63. The average molecular weight is 232 g/mol. The fourth-order valence-electron chi connectivity index (χ4n) is 2.38. The van der Waals surface area contributed by atoms with Gasteiger partial charge in [-0.1, -0.05) is 6.42 Å². The van der Waals surface area contributed by atoms with Crippen LogP contribution in [-0.2, 0) is 10.2 Å². The number of hydrogen-bond donors (Lipinski definition) is 1. The molecular weight excluding hydrogens is 216 g/mol. The SMILES string of the molecule is Cc1cc(C2CCC2)nc(C2(C(=O)O)CC2)n1. The van der Waals surface area contributed by atoms with Crippen LogP contribution in [0.1, 0.15) is 55.2 Å². The van der Waals surface area contributed by atoms with Gasteiger partial charge < -0.3 is 5.11 Å². The maximum absolute atomic E-state index is 11.3. The van der Waals surface area contributed by atoms with E-state index in [4.69, 9.17) is 0 Å². The highest BCUT2D eigenvalue weighted by Gasteiger charge is 2.54. The monoisotopic (exact) mass is 232 g/mol. The predicted octanol–water partition coefficient (Wildman–Crippen LogP) is 2.17. The summed E-state index contributed by atoms with van der Waals surface area (Å²) in [4.78, 5) is 20.1. The lowest BCUT2D eigenvalue weighted by molar-refractivity contribution is -0.140. The maximum atomic E-state index is 11.3. The molecule has 0 amide bonds. The zero-order valence-corrected chi connectivity index (χ0v) is 9.94. The normalized spacial score (nSPS) is 21.9. The van der Waals surface area contributed by atoms with Crippen LogP contribution in [0.25, 0.3) is 0 Å². The molecule has 1 aromatic heterocycles. The Kier molecular flexibility index (Phi) is 2.21. The summed E-state index contributed by atoms with van der Waals surface area (Å²) < 4.78 is 0. The molecule has 3 rings (SSSR count). The van der Waals surface area contributed by atoms with Gasteiger partial charge in [0.15, 0.2) is 0 Å². The van der Waals surface area contributed by atoms with Crippen LogP contribution >= 0.6 is 0 Å². The van der Waals surface area contributed by atoms with Crippen LogP contribution in [-0.4, -0.2) is 21.0 Å². The number of aryl methyl sites for hydroxylation is 1. The summed E-state index contributed by atoms with van der Waals surface area (Å²) in [5.74, 6) is 0.287. The topological polar surface area (TPSA) is 63.1 Å². The van der Waals surface area contributed by atoms with E-state index in [-0.39, 0.29) is 0 Å². The molecule has 0 unspecified atom stereocenters. The molecule has 90 valence electrons. The number of nitrogens with zero attached hydrogens (tertiary/aromatic N) is 2. The summed E-state index contributed by atoms with van der Waals surface area (Å²) in [5.41, 5.74) is 1.17. The van der Waals surface area contributed by atoms with Crippen LogP contribution in [0, 0.1) is 6.92 Å². The summed E-state index contributed by atoms with van der Waals surface area (Å²) >= 11 is 0. The number of aromatic nitrogens is 2. The van der Waals surface area contributed by atoms with Crippen molar-refractivity contribution < 1.29 is 9.90 Å². The van der Waals surface area contributed by atoms with E-state index < -0.39 is 11.4 Å². The van der Waals surface area contributed by atoms with E-state index >= 15 is 0 Å². The number of aliphatic carboxylic acids is 1. The van der Waals surface area contributed by atoms with Crippen LogP contribution in [0.5, 0.6) is 0 Å². The van der Waals surface area contributed by atoms with Gasteiger partial charge in [0.05, 0.1) is 0 Å². The molecule has 0 aromatic carbocycles. The van der Waals surface area contributed by atoms with Crippen LogP contribution < -0.4 is 0 Å². The van der Waals surface area contributed by atoms with Crippen molar-refractivity contribution in [2.45, 2.75) is 50.4 Å². The quantitative estimate of drug-likeness (QED) is 0.867. The average Bonchev–Trinajstić information content (AvgIpc) is 2.93. The van der Waals surface area contributed by atoms with Gasteiger partial charge in [-0.2, -0.15) is 0 Å². The largest absolute Gasteiger partial charge is 0.480 e. The lowest BCUT2D eigenvalue weighted by atomic mass is 9.82. The summed E-state index contributed by atoms with van der Waals surface area (Å²) in [7, 11) is 0. The Labute approximate surface area is 100 Å². The second-order valence-electron chi connectivity index (χ2n) is 5.27. The lowest BCUT2D eigenvalue weighted by Gasteiger charge is -2.25. The summed E-state index contributed by atoms with van der Waals surface area (Å²) in [5, 5.41) is 9.27. The fourth-order valence-corrected chi connectivity index (χ4v) is 2.38.